The van der Waals surface area contributed by atoms with Crippen LogP contribution in [0.15, 0.2) is 48.8 Å². The quantitative estimate of drug-likeness (QED) is 0.678. The third-order valence-electron chi connectivity index (χ3n) is 4.03. The minimum Gasteiger partial charge on any atom is -0.351 e. The molecule has 152 valence electrons. The van der Waals surface area contributed by atoms with E-state index in [1.165, 1.54) is 0 Å². The van der Waals surface area contributed by atoms with E-state index >= 15 is 0 Å². The van der Waals surface area contributed by atoms with Gasteiger partial charge in [-0.05, 0) is 29.8 Å². The second kappa shape index (κ2) is 10.3. The van der Waals surface area contributed by atoms with Gasteiger partial charge in [0.1, 0.15) is 0 Å². The number of pyridine rings is 1. The number of aromatic nitrogens is 1. The number of carbonyl (C=O) groups excluding carboxylic acids is 2. The summed E-state index contributed by atoms with van der Waals surface area (Å²) in [7, 11) is 0. The van der Waals surface area contributed by atoms with Crippen LogP contribution < -0.4 is 16.0 Å². The van der Waals surface area contributed by atoms with Crippen molar-refractivity contribution < 1.29 is 18.4 Å². The molecule has 2 amide bonds. The maximum absolute atomic E-state index is 13.1. The summed E-state index contributed by atoms with van der Waals surface area (Å²) in [4.78, 5) is 28.0. The first-order valence-electron chi connectivity index (χ1n) is 8.12. The third-order valence-corrected chi connectivity index (χ3v) is 4.03. The molecule has 3 rings (SSSR count). The normalized spacial score (nSPS) is 17.0. The van der Waals surface area contributed by atoms with Crippen molar-refractivity contribution in [3.8, 4) is 0 Å². The van der Waals surface area contributed by atoms with Gasteiger partial charge in [-0.3, -0.25) is 19.9 Å². The van der Waals surface area contributed by atoms with Gasteiger partial charge >= 0.3 is 0 Å². The zero-order valence-corrected chi connectivity index (χ0v) is 16.3. The first kappa shape index (κ1) is 23.7. The Kier molecular flexibility index (Phi) is 8.74. The fraction of sp³-hybridized carbons (Fsp3) is 0.278. The van der Waals surface area contributed by atoms with Gasteiger partial charge in [0.05, 0.1) is 24.5 Å². The Hall–Kier alpha value is -2.29. The number of anilines is 1. The molecular formula is C18H20Cl2F2N4O2. The maximum atomic E-state index is 13.1. The minimum atomic E-state index is -2.84. The molecule has 1 fully saturated rings. The number of benzene rings is 1. The van der Waals surface area contributed by atoms with E-state index in [0.717, 1.165) is 5.56 Å². The molecule has 1 aromatic heterocycles. The molecule has 6 nitrogen and oxygen atoms in total. The third kappa shape index (κ3) is 6.40. The summed E-state index contributed by atoms with van der Waals surface area (Å²) in [6, 6.07) is 9.25. The number of amides is 2. The monoisotopic (exact) mass is 432 g/mol. The maximum Gasteiger partial charge on any atom is 0.262 e. The zero-order valence-electron chi connectivity index (χ0n) is 14.7. The second-order valence-electron chi connectivity index (χ2n) is 6.10. The highest BCUT2D eigenvalue weighted by Crippen LogP contribution is 2.25. The van der Waals surface area contributed by atoms with Crippen molar-refractivity contribution in [3.05, 3.63) is 59.9 Å². The van der Waals surface area contributed by atoms with Gasteiger partial charge in [-0.25, -0.2) is 8.78 Å². The van der Waals surface area contributed by atoms with E-state index in [4.69, 9.17) is 0 Å². The van der Waals surface area contributed by atoms with Gasteiger partial charge in [-0.2, -0.15) is 0 Å². The number of halogens is 4. The van der Waals surface area contributed by atoms with Crippen LogP contribution in [-0.4, -0.2) is 35.3 Å². The van der Waals surface area contributed by atoms with Crippen molar-refractivity contribution in [3.63, 3.8) is 0 Å². The van der Waals surface area contributed by atoms with Crippen LogP contribution in [0.3, 0.4) is 0 Å². The van der Waals surface area contributed by atoms with E-state index in [-0.39, 0.29) is 37.3 Å². The van der Waals surface area contributed by atoms with E-state index in [9.17, 15) is 18.4 Å². The van der Waals surface area contributed by atoms with Crippen molar-refractivity contribution in [1.29, 1.82) is 0 Å². The largest absolute Gasteiger partial charge is 0.351 e. The smallest absolute Gasteiger partial charge is 0.262 e. The minimum absolute atomic E-state index is 0. The van der Waals surface area contributed by atoms with Gasteiger partial charge < -0.3 is 10.6 Å². The van der Waals surface area contributed by atoms with E-state index < -0.39 is 30.8 Å². The lowest BCUT2D eigenvalue weighted by Crippen LogP contribution is -2.40. The van der Waals surface area contributed by atoms with Crippen LogP contribution in [0.25, 0.3) is 0 Å². The Balaban J connectivity index is 0.00000196. The van der Waals surface area contributed by atoms with Crippen molar-refractivity contribution in [2.75, 3.05) is 11.9 Å². The average molecular weight is 433 g/mol. The number of hydrogen-bond acceptors (Lipinski definition) is 4. The Bertz CT molecular complexity index is 792. The molecule has 2 heterocycles. The number of rotatable bonds is 5. The van der Waals surface area contributed by atoms with Crippen molar-refractivity contribution >= 4 is 42.3 Å². The summed E-state index contributed by atoms with van der Waals surface area (Å²) in [6.07, 6.45) is 2.66. The van der Waals surface area contributed by atoms with Crippen molar-refractivity contribution in [1.82, 2.24) is 15.6 Å². The lowest BCUT2D eigenvalue weighted by Gasteiger charge is -2.11. The van der Waals surface area contributed by atoms with Gasteiger partial charge in [0.15, 0.2) is 0 Å². The van der Waals surface area contributed by atoms with Crippen LogP contribution in [0.1, 0.15) is 22.3 Å². The SMILES string of the molecule is Cl.Cl.O=C(Nc1cccnc1)c1ccc(CNC(=O)C2CC(F)(F)CN2)cc1. The Labute approximate surface area is 173 Å². The number of hydrogen-bond donors (Lipinski definition) is 3. The molecule has 0 spiro atoms. The summed E-state index contributed by atoms with van der Waals surface area (Å²) < 4.78 is 26.2. The Morgan fingerprint density at radius 1 is 1.18 bits per heavy atom. The average Bonchev–Trinajstić information content (AvgIpc) is 3.01. The first-order valence-corrected chi connectivity index (χ1v) is 8.12. The summed E-state index contributed by atoms with van der Waals surface area (Å²) >= 11 is 0. The molecule has 2 aromatic rings. The molecule has 1 aromatic carbocycles. The molecule has 0 bridgehead atoms. The topological polar surface area (TPSA) is 83.1 Å². The van der Waals surface area contributed by atoms with Gasteiger partial charge in [0.25, 0.3) is 11.8 Å². The summed E-state index contributed by atoms with van der Waals surface area (Å²) in [5.41, 5.74) is 1.82. The molecule has 3 N–H and O–H groups in total. The molecule has 1 atom stereocenters. The van der Waals surface area contributed by atoms with E-state index in [2.05, 4.69) is 20.9 Å². The van der Waals surface area contributed by atoms with Gasteiger partial charge in [-0.1, -0.05) is 12.1 Å². The van der Waals surface area contributed by atoms with Crippen LogP contribution in [0.4, 0.5) is 14.5 Å². The molecule has 1 unspecified atom stereocenters. The second-order valence-corrected chi connectivity index (χ2v) is 6.10. The Morgan fingerprint density at radius 2 is 1.89 bits per heavy atom. The fourth-order valence-corrected chi connectivity index (χ4v) is 2.63. The standard InChI is InChI=1S/C18H18F2N4O2.2ClH/c19-18(20)8-15(23-11-18)17(26)22-9-12-3-5-13(6-4-12)16(25)24-14-2-1-7-21-10-14;;/h1-7,10,15,23H,8-9,11H2,(H,22,26)(H,24,25);2*1H. The highest BCUT2D eigenvalue weighted by atomic mass is 35.5. The molecule has 28 heavy (non-hydrogen) atoms. The fourth-order valence-electron chi connectivity index (χ4n) is 2.63. The van der Waals surface area contributed by atoms with Crippen molar-refractivity contribution in [2.24, 2.45) is 0 Å². The molecule has 1 aliphatic heterocycles. The molecule has 1 aliphatic rings. The predicted octanol–water partition coefficient (Wildman–Crippen LogP) is 2.79. The van der Waals surface area contributed by atoms with E-state index in [0.29, 0.717) is 11.3 Å². The van der Waals surface area contributed by atoms with Gasteiger partial charge in [0, 0.05) is 24.7 Å². The molecular weight excluding hydrogens is 413 g/mol. The van der Waals surface area contributed by atoms with E-state index in [1.54, 1.807) is 48.8 Å². The molecule has 0 saturated carbocycles. The van der Waals surface area contributed by atoms with Crippen LogP contribution in [0.5, 0.6) is 0 Å². The Morgan fingerprint density at radius 3 is 2.46 bits per heavy atom. The summed E-state index contributed by atoms with van der Waals surface area (Å²) in [5, 5.41) is 7.86. The van der Waals surface area contributed by atoms with E-state index in [1.807, 2.05) is 0 Å². The summed E-state index contributed by atoms with van der Waals surface area (Å²) in [6.45, 7) is -0.279. The van der Waals surface area contributed by atoms with Crippen LogP contribution in [0, 0.1) is 0 Å². The highest BCUT2D eigenvalue weighted by molar-refractivity contribution is 6.04. The lowest BCUT2D eigenvalue weighted by molar-refractivity contribution is -0.123. The number of nitrogens with one attached hydrogen (secondary N) is 3. The summed E-state index contributed by atoms with van der Waals surface area (Å²) in [5.74, 6) is -3.57. The van der Waals surface area contributed by atoms with Crippen LogP contribution in [0.2, 0.25) is 0 Å². The molecule has 0 aliphatic carbocycles. The van der Waals surface area contributed by atoms with Gasteiger partial charge in [-0.15, -0.1) is 24.8 Å². The predicted molar refractivity (Wildman–Crippen MR) is 106 cm³/mol. The van der Waals surface area contributed by atoms with Gasteiger partial charge in [0.2, 0.25) is 5.91 Å². The lowest BCUT2D eigenvalue weighted by atomic mass is 10.1. The first-order chi connectivity index (χ1) is 12.4. The molecule has 1 saturated heterocycles. The van der Waals surface area contributed by atoms with Crippen molar-refractivity contribution in [2.45, 2.75) is 24.9 Å². The van der Waals surface area contributed by atoms with Crippen LogP contribution in [-0.2, 0) is 11.3 Å². The zero-order chi connectivity index (χ0) is 18.6. The highest BCUT2D eigenvalue weighted by Gasteiger charge is 2.42. The molecule has 0 radical (unpaired) electrons. The number of alkyl halides is 2. The van der Waals surface area contributed by atoms with Crippen LogP contribution >= 0.6 is 24.8 Å². The number of nitrogens with zero attached hydrogens (tertiary/aromatic N) is 1. The molecule has 10 heteroatoms. The number of carbonyl (C=O) groups is 2.